The van der Waals surface area contributed by atoms with Crippen LogP contribution in [0, 0.1) is 11.3 Å². The molecule has 0 spiro atoms. The number of hydrogen-bond acceptors (Lipinski definition) is 10. The Kier molecular flexibility index (Phi) is 4.54. The third kappa shape index (κ3) is 2.85. The van der Waals surface area contributed by atoms with Gasteiger partial charge in [0.25, 0.3) is 0 Å². The van der Waals surface area contributed by atoms with Crippen LogP contribution in [-0.2, 0) is 20.0 Å². The van der Waals surface area contributed by atoms with Crippen LogP contribution in [0.4, 0.5) is 5.82 Å². The predicted octanol–water partition coefficient (Wildman–Crippen LogP) is -1.54. The van der Waals surface area contributed by atoms with E-state index in [-0.39, 0.29) is 11.6 Å². The quantitative estimate of drug-likeness (QED) is 0.459. The molecule has 0 bridgehead atoms. The zero-order valence-corrected chi connectivity index (χ0v) is 13.6. The number of aliphatic hydroxyl groups excluding tert-OH is 2. The average Bonchev–Trinajstić information content (AvgIpc) is 3.23. The van der Waals surface area contributed by atoms with E-state index in [0.29, 0.717) is 17.5 Å². The van der Waals surface area contributed by atoms with Crippen LogP contribution in [0.5, 0.6) is 0 Å². The molecule has 3 rings (SSSR count). The second kappa shape index (κ2) is 6.66. The lowest BCUT2D eigenvalue weighted by molar-refractivity contribution is -0.147. The van der Waals surface area contributed by atoms with Gasteiger partial charge in [-0.3, -0.25) is 4.79 Å². The average molecular weight is 363 g/mol. The van der Waals surface area contributed by atoms with Crippen LogP contribution >= 0.6 is 0 Å². The van der Waals surface area contributed by atoms with Gasteiger partial charge in [-0.1, -0.05) is 0 Å². The van der Waals surface area contributed by atoms with Crippen molar-refractivity contribution in [2.75, 3.05) is 18.9 Å². The van der Waals surface area contributed by atoms with Crippen LogP contribution in [0.25, 0.3) is 0 Å². The molecule has 1 unspecified atom stereocenters. The van der Waals surface area contributed by atoms with Crippen LogP contribution in [-0.4, -0.2) is 51.0 Å². The smallest absolute Gasteiger partial charge is 0.353 e. The van der Waals surface area contributed by atoms with Crippen LogP contribution < -0.4 is 16.7 Å². The number of anilines is 1. The SMILES string of the molecule is N#C[C@@]1(n2ccc(N)nc2=O)OC(COC(=O)[C@@H]2CCCN2)=C(O)C1O. The summed E-state index contributed by atoms with van der Waals surface area (Å²) in [4.78, 5) is 27.4. The zero-order chi connectivity index (χ0) is 18.9. The fourth-order valence-corrected chi connectivity index (χ4v) is 2.85. The molecule has 0 aliphatic carbocycles. The molecule has 0 saturated carbocycles. The maximum atomic E-state index is 12.0. The molecule has 1 saturated heterocycles. The number of carbonyl (C=O) groups is 1. The number of carbonyl (C=O) groups excluding carboxylic acids is 1. The Labute approximate surface area is 147 Å². The first-order chi connectivity index (χ1) is 12.4. The molecule has 1 fully saturated rings. The van der Waals surface area contributed by atoms with Crippen molar-refractivity contribution in [2.24, 2.45) is 0 Å². The molecule has 138 valence electrons. The predicted molar refractivity (Wildman–Crippen MR) is 85.2 cm³/mol. The maximum absolute atomic E-state index is 12.0. The van der Waals surface area contributed by atoms with Gasteiger partial charge in [-0.25, -0.2) is 9.36 Å². The van der Waals surface area contributed by atoms with E-state index in [1.165, 1.54) is 6.07 Å². The summed E-state index contributed by atoms with van der Waals surface area (Å²) in [6, 6.07) is 2.45. The number of aliphatic hydroxyl groups is 2. The Morgan fingerprint density at radius 3 is 3.04 bits per heavy atom. The highest BCUT2D eigenvalue weighted by Crippen LogP contribution is 2.36. The first-order valence-corrected chi connectivity index (χ1v) is 7.85. The summed E-state index contributed by atoms with van der Waals surface area (Å²) in [5.41, 5.74) is 2.17. The minimum Gasteiger partial charge on any atom is -0.506 e. The molecule has 2 aliphatic rings. The van der Waals surface area contributed by atoms with Crippen LogP contribution in [0.2, 0.25) is 0 Å². The van der Waals surface area contributed by atoms with Crippen molar-refractivity contribution >= 4 is 11.8 Å². The molecule has 2 aliphatic heterocycles. The molecule has 11 nitrogen and oxygen atoms in total. The summed E-state index contributed by atoms with van der Waals surface area (Å²) in [6.45, 7) is 0.202. The lowest BCUT2D eigenvalue weighted by Gasteiger charge is -2.26. The van der Waals surface area contributed by atoms with Crippen molar-refractivity contribution in [3.8, 4) is 6.07 Å². The molecule has 0 radical (unpaired) electrons. The Hall–Kier alpha value is -3.10. The number of nitrogens with two attached hydrogens (primary N) is 1. The number of nitriles is 1. The topological polar surface area (TPSA) is 173 Å². The normalized spacial score (nSPS) is 27.8. The summed E-state index contributed by atoms with van der Waals surface area (Å²) in [6.07, 6.45) is 0.700. The monoisotopic (exact) mass is 363 g/mol. The van der Waals surface area contributed by atoms with Gasteiger partial charge < -0.3 is 30.7 Å². The lowest BCUT2D eigenvalue weighted by atomic mass is 10.1. The third-order valence-electron chi connectivity index (χ3n) is 4.23. The number of esters is 1. The summed E-state index contributed by atoms with van der Waals surface area (Å²) >= 11 is 0. The summed E-state index contributed by atoms with van der Waals surface area (Å²) in [5, 5.41) is 32.8. The Morgan fingerprint density at radius 2 is 2.42 bits per heavy atom. The number of nitrogens with one attached hydrogen (secondary N) is 1. The number of hydrogen-bond donors (Lipinski definition) is 4. The van der Waals surface area contributed by atoms with Gasteiger partial charge >= 0.3 is 17.4 Å². The van der Waals surface area contributed by atoms with Gasteiger partial charge in [0.15, 0.2) is 24.2 Å². The van der Waals surface area contributed by atoms with Gasteiger partial charge in [-0.05, 0) is 25.5 Å². The van der Waals surface area contributed by atoms with E-state index in [2.05, 4.69) is 10.3 Å². The summed E-state index contributed by atoms with van der Waals surface area (Å²) in [7, 11) is 0. The Bertz CT molecular complexity index is 853. The van der Waals surface area contributed by atoms with E-state index < -0.39 is 41.9 Å². The van der Waals surface area contributed by atoms with Crippen molar-refractivity contribution < 1.29 is 24.5 Å². The number of rotatable bonds is 4. The minimum absolute atomic E-state index is 0.0813. The van der Waals surface area contributed by atoms with Gasteiger partial charge in [0.1, 0.15) is 17.9 Å². The van der Waals surface area contributed by atoms with Crippen LogP contribution in [0.15, 0.2) is 28.6 Å². The van der Waals surface area contributed by atoms with E-state index in [1.807, 2.05) is 0 Å². The molecule has 5 N–H and O–H groups in total. The minimum atomic E-state index is -2.28. The standard InChI is InChI=1S/C15H17N5O6/c16-7-15(20-5-3-10(17)19-14(20)24)12(22)11(21)9(26-15)6-25-13(23)8-2-1-4-18-8/h3,5,8,12,18,21-22H,1-2,4,6H2,(H2,17,19,24)/t8-,12?,15+/m0/s1. The molecule has 1 aromatic rings. The summed E-state index contributed by atoms with van der Waals surface area (Å²) < 4.78 is 11.1. The first kappa shape index (κ1) is 17.7. The second-order valence-electron chi connectivity index (χ2n) is 5.88. The summed E-state index contributed by atoms with van der Waals surface area (Å²) in [5.74, 6) is -1.65. The van der Waals surface area contributed by atoms with Crippen molar-refractivity contribution in [1.29, 1.82) is 5.26 Å². The van der Waals surface area contributed by atoms with Crippen molar-refractivity contribution in [3.05, 3.63) is 34.3 Å². The molecule has 3 heterocycles. The molecule has 0 amide bonds. The number of nitrogens with zero attached hydrogens (tertiary/aromatic N) is 3. The zero-order valence-electron chi connectivity index (χ0n) is 13.6. The largest absolute Gasteiger partial charge is 0.506 e. The maximum Gasteiger partial charge on any atom is 0.353 e. The Morgan fingerprint density at radius 1 is 1.65 bits per heavy atom. The van der Waals surface area contributed by atoms with E-state index in [0.717, 1.165) is 12.6 Å². The van der Waals surface area contributed by atoms with E-state index in [9.17, 15) is 25.1 Å². The fraction of sp³-hybridized carbons (Fsp3) is 0.467. The van der Waals surface area contributed by atoms with Gasteiger partial charge in [-0.15, -0.1) is 0 Å². The second-order valence-corrected chi connectivity index (χ2v) is 5.88. The molecule has 11 heteroatoms. The van der Waals surface area contributed by atoms with Gasteiger partial charge in [0.05, 0.1) is 0 Å². The van der Waals surface area contributed by atoms with Crippen LogP contribution in [0.1, 0.15) is 12.8 Å². The van der Waals surface area contributed by atoms with E-state index >= 15 is 0 Å². The molecule has 3 atom stereocenters. The van der Waals surface area contributed by atoms with Crippen molar-refractivity contribution in [3.63, 3.8) is 0 Å². The number of nitrogen functional groups attached to an aromatic ring is 1. The molecule has 1 aromatic heterocycles. The highest BCUT2D eigenvalue weighted by molar-refractivity contribution is 5.76. The van der Waals surface area contributed by atoms with Crippen molar-refractivity contribution in [2.45, 2.75) is 30.7 Å². The fourth-order valence-electron chi connectivity index (χ4n) is 2.85. The highest BCUT2D eigenvalue weighted by atomic mass is 16.6. The third-order valence-corrected chi connectivity index (χ3v) is 4.23. The van der Waals surface area contributed by atoms with Gasteiger partial charge in [-0.2, -0.15) is 10.2 Å². The number of aromatic nitrogens is 2. The van der Waals surface area contributed by atoms with Gasteiger partial charge in [0, 0.05) is 6.20 Å². The molecular weight excluding hydrogens is 346 g/mol. The van der Waals surface area contributed by atoms with Crippen molar-refractivity contribution in [1.82, 2.24) is 14.9 Å². The molecule has 0 aromatic carbocycles. The number of ether oxygens (including phenoxy) is 2. The lowest BCUT2D eigenvalue weighted by Crippen LogP contribution is -2.48. The van der Waals surface area contributed by atoms with Crippen LogP contribution in [0.3, 0.4) is 0 Å². The first-order valence-electron chi connectivity index (χ1n) is 7.85. The van der Waals surface area contributed by atoms with Gasteiger partial charge in [0.2, 0.25) is 0 Å². The Balaban J connectivity index is 1.80. The highest BCUT2D eigenvalue weighted by Gasteiger charge is 2.53. The van der Waals surface area contributed by atoms with E-state index in [4.69, 9.17) is 15.2 Å². The molecule has 26 heavy (non-hydrogen) atoms. The van der Waals surface area contributed by atoms with E-state index in [1.54, 1.807) is 6.07 Å². The molecular formula is C15H17N5O6.